The van der Waals surface area contributed by atoms with Gasteiger partial charge < -0.3 is 15.4 Å². The number of ether oxygens (including phenoxy) is 1. The standard InChI is InChI=1S/C21H22N4O2S/c1-14(2)19(27-17-9-5-3-7-15(17)13-22)20(26)23-11-12-24-21-25-16-8-4-6-10-18(16)28-21/h3-10,14,19H,11-12H2,1-2H3,(H,23,26)(H,24,25). The van der Waals surface area contributed by atoms with E-state index in [0.29, 0.717) is 24.4 Å². The molecule has 0 fully saturated rings. The van der Waals surface area contributed by atoms with E-state index in [2.05, 4.69) is 21.7 Å². The van der Waals surface area contributed by atoms with Crippen LogP contribution in [0, 0.1) is 17.2 Å². The average Bonchev–Trinajstić information content (AvgIpc) is 3.12. The molecule has 0 aliphatic carbocycles. The highest BCUT2D eigenvalue weighted by molar-refractivity contribution is 7.22. The first kappa shape index (κ1) is 19.6. The number of carbonyl (C=O) groups is 1. The van der Waals surface area contributed by atoms with E-state index in [1.807, 2.05) is 38.1 Å². The number of thiazole rings is 1. The van der Waals surface area contributed by atoms with Crippen LogP contribution in [-0.2, 0) is 4.79 Å². The van der Waals surface area contributed by atoms with Crippen LogP contribution in [-0.4, -0.2) is 30.1 Å². The van der Waals surface area contributed by atoms with Crippen LogP contribution in [0.15, 0.2) is 48.5 Å². The van der Waals surface area contributed by atoms with Gasteiger partial charge in [0.2, 0.25) is 0 Å². The van der Waals surface area contributed by atoms with Crippen molar-refractivity contribution in [3.05, 3.63) is 54.1 Å². The Balaban J connectivity index is 1.53. The minimum Gasteiger partial charge on any atom is -0.479 e. The van der Waals surface area contributed by atoms with E-state index >= 15 is 0 Å². The third-order valence-electron chi connectivity index (χ3n) is 4.12. The number of anilines is 1. The van der Waals surface area contributed by atoms with Crippen LogP contribution in [0.5, 0.6) is 5.75 Å². The van der Waals surface area contributed by atoms with Gasteiger partial charge in [-0.25, -0.2) is 4.98 Å². The summed E-state index contributed by atoms with van der Waals surface area (Å²) in [4.78, 5) is 17.1. The molecule has 0 spiro atoms. The topological polar surface area (TPSA) is 87.0 Å². The third-order valence-corrected chi connectivity index (χ3v) is 5.11. The molecule has 1 atom stereocenters. The molecule has 2 N–H and O–H groups in total. The molecule has 0 aliphatic rings. The van der Waals surface area contributed by atoms with Gasteiger partial charge in [0.25, 0.3) is 5.91 Å². The van der Waals surface area contributed by atoms with Crippen molar-refractivity contribution in [2.24, 2.45) is 5.92 Å². The van der Waals surface area contributed by atoms with Gasteiger partial charge in [-0.3, -0.25) is 4.79 Å². The lowest BCUT2D eigenvalue weighted by Crippen LogP contribution is -2.43. The highest BCUT2D eigenvalue weighted by Gasteiger charge is 2.24. The first-order valence-corrected chi connectivity index (χ1v) is 9.93. The van der Waals surface area contributed by atoms with Crippen LogP contribution >= 0.6 is 11.3 Å². The van der Waals surface area contributed by atoms with E-state index in [-0.39, 0.29) is 11.8 Å². The van der Waals surface area contributed by atoms with Crippen LogP contribution in [0.25, 0.3) is 10.2 Å². The van der Waals surface area contributed by atoms with E-state index in [1.54, 1.807) is 35.6 Å². The zero-order chi connectivity index (χ0) is 19.9. The molecule has 144 valence electrons. The fraction of sp³-hybridized carbons (Fsp3) is 0.286. The number of fused-ring (bicyclic) bond motifs is 1. The van der Waals surface area contributed by atoms with E-state index in [1.165, 1.54) is 0 Å². The van der Waals surface area contributed by atoms with Gasteiger partial charge in [-0.15, -0.1) is 0 Å². The Morgan fingerprint density at radius 3 is 2.68 bits per heavy atom. The largest absolute Gasteiger partial charge is 0.479 e. The lowest BCUT2D eigenvalue weighted by Gasteiger charge is -2.22. The summed E-state index contributed by atoms with van der Waals surface area (Å²) in [6, 6.07) is 17.0. The number of rotatable bonds is 8. The second-order valence-electron chi connectivity index (χ2n) is 6.59. The van der Waals surface area contributed by atoms with E-state index in [4.69, 9.17) is 4.74 Å². The molecule has 0 saturated heterocycles. The number of aromatic nitrogens is 1. The number of nitrogens with one attached hydrogen (secondary N) is 2. The molecule has 3 rings (SSSR count). The fourth-order valence-electron chi connectivity index (χ4n) is 2.69. The Bertz CT molecular complexity index is 960. The van der Waals surface area contributed by atoms with Crippen molar-refractivity contribution >= 4 is 32.6 Å². The predicted octanol–water partition coefficient (Wildman–Crippen LogP) is 3.80. The summed E-state index contributed by atoms with van der Waals surface area (Å²) in [7, 11) is 0. The van der Waals surface area contributed by atoms with Crippen molar-refractivity contribution in [3.8, 4) is 11.8 Å². The molecular weight excluding hydrogens is 372 g/mol. The van der Waals surface area contributed by atoms with Gasteiger partial charge in [-0.2, -0.15) is 5.26 Å². The molecule has 1 unspecified atom stereocenters. The number of nitriles is 1. The Morgan fingerprint density at radius 2 is 1.93 bits per heavy atom. The van der Waals surface area contributed by atoms with Crippen LogP contribution in [0.3, 0.4) is 0 Å². The molecule has 1 heterocycles. The van der Waals surface area contributed by atoms with E-state index in [9.17, 15) is 10.1 Å². The van der Waals surface area contributed by atoms with Gasteiger partial charge in [0.15, 0.2) is 11.2 Å². The summed E-state index contributed by atoms with van der Waals surface area (Å²) < 4.78 is 6.97. The zero-order valence-electron chi connectivity index (χ0n) is 15.8. The van der Waals surface area contributed by atoms with Crippen molar-refractivity contribution in [2.45, 2.75) is 20.0 Å². The van der Waals surface area contributed by atoms with Gasteiger partial charge in [-0.1, -0.05) is 49.4 Å². The molecule has 0 aliphatic heterocycles. The fourth-order valence-corrected chi connectivity index (χ4v) is 3.59. The predicted molar refractivity (Wildman–Crippen MR) is 112 cm³/mol. The first-order chi connectivity index (χ1) is 13.6. The number of para-hydroxylation sites is 2. The molecule has 7 heteroatoms. The van der Waals surface area contributed by atoms with Crippen molar-refractivity contribution < 1.29 is 9.53 Å². The molecule has 0 bridgehead atoms. The molecule has 6 nitrogen and oxygen atoms in total. The van der Waals surface area contributed by atoms with Gasteiger partial charge in [0.05, 0.1) is 15.8 Å². The van der Waals surface area contributed by atoms with Gasteiger partial charge >= 0.3 is 0 Å². The molecule has 1 aromatic heterocycles. The average molecular weight is 395 g/mol. The second kappa shape index (κ2) is 9.20. The molecule has 3 aromatic rings. The maximum absolute atomic E-state index is 12.6. The zero-order valence-corrected chi connectivity index (χ0v) is 16.6. The summed E-state index contributed by atoms with van der Waals surface area (Å²) in [6.45, 7) is 4.84. The molecule has 2 aromatic carbocycles. The van der Waals surface area contributed by atoms with Crippen LogP contribution in [0.2, 0.25) is 0 Å². The minimum atomic E-state index is -0.669. The lowest BCUT2D eigenvalue weighted by molar-refractivity contribution is -0.129. The minimum absolute atomic E-state index is 0.0380. The number of amides is 1. The van der Waals surface area contributed by atoms with E-state index < -0.39 is 6.10 Å². The summed E-state index contributed by atoms with van der Waals surface area (Å²) in [5.74, 6) is 0.185. The number of nitrogens with zero attached hydrogens (tertiary/aromatic N) is 2. The summed E-state index contributed by atoms with van der Waals surface area (Å²) in [6.07, 6.45) is -0.669. The lowest BCUT2D eigenvalue weighted by atomic mass is 10.1. The Labute approximate surface area is 168 Å². The highest BCUT2D eigenvalue weighted by Crippen LogP contribution is 2.25. The molecule has 1 amide bonds. The van der Waals surface area contributed by atoms with E-state index in [0.717, 1.165) is 15.3 Å². The molecule has 0 saturated carbocycles. The number of hydrogen-bond acceptors (Lipinski definition) is 6. The Hall–Kier alpha value is -3.11. The highest BCUT2D eigenvalue weighted by atomic mass is 32.1. The van der Waals surface area contributed by atoms with Crippen molar-refractivity contribution in [3.63, 3.8) is 0 Å². The number of hydrogen-bond donors (Lipinski definition) is 2. The molecular formula is C21H22N4O2S. The summed E-state index contributed by atoms with van der Waals surface area (Å²) in [5, 5.41) is 16.2. The van der Waals surface area contributed by atoms with Crippen LogP contribution < -0.4 is 15.4 Å². The third kappa shape index (κ3) is 4.78. The molecule has 28 heavy (non-hydrogen) atoms. The van der Waals surface area contributed by atoms with Crippen LogP contribution in [0.1, 0.15) is 19.4 Å². The van der Waals surface area contributed by atoms with Crippen molar-refractivity contribution in [1.29, 1.82) is 5.26 Å². The van der Waals surface area contributed by atoms with Gasteiger partial charge in [0, 0.05) is 13.1 Å². The molecule has 0 radical (unpaired) electrons. The maximum Gasteiger partial charge on any atom is 0.261 e. The van der Waals surface area contributed by atoms with Gasteiger partial charge in [-0.05, 0) is 30.2 Å². The monoisotopic (exact) mass is 394 g/mol. The number of carbonyl (C=O) groups excluding carboxylic acids is 1. The SMILES string of the molecule is CC(C)C(Oc1ccccc1C#N)C(=O)NCCNc1nc2ccccc2s1. The number of benzene rings is 2. The summed E-state index contributed by atoms with van der Waals surface area (Å²) in [5.41, 5.74) is 1.38. The van der Waals surface area contributed by atoms with Crippen molar-refractivity contribution in [1.82, 2.24) is 10.3 Å². The maximum atomic E-state index is 12.6. The quantitative estimate of drug-likeness (QED) is 0.568. The second-order valence-corrected chi connectivity index (χ2v) is 7.63. The normalized spacial score (nSPS) is 11.8. The van der Waals surface area contributed by atoms with Crippen LogP contribution in [0.4, 0.5) is 5.13 Å². The van der Waals surface area contributed by atoms with Crippen molar-refractivity contribution in [2.75, 3.05) is 18.4 Å². The Morgan fingerprint density at radius 1 is 1.18 bits per heavy atom. The summed E-state index contributed by atoms with van der Waals surface area (Å²) >= 11 is 1.58. The smallest absolute Gasteiger partial charge is 0.261 e. The Kier molecular flexibility index (Phi) is 6.45. The first-order valence-electron chi connectivity index (χ1n) is 9.11. The van der Waals surface area contributed by atoms with Gasteiger partial charge in [0.1, 0.15) is 11.8 Å².